The fourth-order valence-corrected chi connectivity index (χ4v) is 1.98. The van der Waals surface area contributed by atoms with Gasteiger partial charge in [-0.05, 0) is 12.8 Å². The molecule has 0 rings (SSSR count). The van der Waals surface area contributed by atoms with Gasteiger partial charge in [-0.1, -0.05) is 13.3 Å². The molecule has 0 fully saturated rings. The molecule has 0 aliphatic carbocycles. The van der Waals surface area contributed by atoms with Crippen LogP contribution >= 0.6 is 0 Å². The van der Waals surface area contributed by atoms with Crippen LogP contribution in [0.2, 0.25) is 0 Å². The Kier molecular flexibility index (Phi) is 6.85. The van der Waals surface area contributed by atoms with Crippen LogP contribution in [-0.4, -0.2) is 49.5 Å². The molecule has 0 aliphatic heterocycles. The van der Waals surface area contributed by atoms with Crippen molar-refractivity contribution in [2.24, 2.45) is 5.73 Å². The number of carboxylic acid groups (broad SMARTS) is 1. The molecule has 1 unspecified atom stereocenters. The number of hydrogen-bond donors (Lipinski definition) is 3. The van der Waals surface area contributed by atoms with Crippen LogP contribution in [0.3, 0.4) is 0 Å². The second-order valence-corrected chi connectivity index (χ2v) is 6.47. The summed E-state index contributed by atoms with van der Waals surface area (Å²) < 4.78 is 21.8. The molecule has 0 bridgehead atoms. The first kappa shape index (κ1) is 16.9. The molecule has 0 spiro atoms. The van der Waals surface area contributed by atoms with Gasteiger partial charge >= 0.3 is 5.97 Å². The van der Waals surface area contributed by atoms with Gasteiger partial charge < -0.3 is 16.2 Å². The third-order valence-electron chi connectivity index (χ3n) is 2.33. The van der Waals surface area contributed by atoms with E-state index in [0.29, 0.717) is 12.8 Å². The molecule has 0 aromatic heterocycles. The van der Waals surface area contributed by atoms with Crippen molar-refractivity contribution in [2.75, 3.05) is 12.0 Å². The minimum atomic E-state index is -3.18. The standard InChI is InChI=1S/C10H20N2O5S/c1-3-4-8(10(14)15)12-9(13)7(11)5-6-18(2,16)17/h7-8H,3-6,11H2,1-2H3,(H,12,13)(H,14,15)/t7?,8-/m1/s1. The zero-order valence-corrected chi connectivity index (χ0v) is 11.4. The molecule has 0 heterocycles. The summed E-state index contributed by atoms with van der Waals surface area (Å²) in [6.07, 6.45) is 1.94. The number of nitrogens with one attached hydrogen (secondary N) is 1. The molecule has 0 saturated heterocycles. The first-order valence-corrected chi connectivity index (χ1v) is 7.70. The van der Waals surface area contributed by atoms with Crippen molar-refractivity contribution in [2.45, 2.75) is 38.3 Å². The monoisotopic (exact) mass is 280 g/mol. The maximum absolute atomic E-state index is 11.6. The van der Waals surface area contributed by atoms with Gasteiger partial charge in [0.25, 0.3) is 0 Å². The molecule has 106 valence electrons. The van der Waals surface area contributed by atoms with Crippen LogP contribution in [0, 0.1) is 0 Å². The number of rotatable bonds is 8. The van der Waals surface area contributed by atoms with Gasteiger partial charge in [0.1, 0.15) is 15.9 Å². The smallest absolute Gasteiger partial charge is 0.326 e. The van der Waals surface area contributed by atoms with Crippen LogP contribution in [0.5, 0.6) is 0 Å². The van der Waals surface area contributed by atoms with Crippen LogP contribution < -0.4 is 11.1 Å². The lowest BCUT2D eigenvalue weighted by atomic mass is 10.1. The van der Waals surface area contributed by atoms with E-state index in [2.05, 4.69) is 5.32 Å². The van der Waals surface area contributed by atoms with Crippen molar-refractivity contribution in [3.63, 3.8) is 0 Å². The van der Waals surface area contributed by atoms with Crippen molar-refractivity contribution in [1.82, 2.24) is 5.32 Å². The quantitative estimate of drug-likeness (QED) is 0.530. The highest BCUT2D eigenvalue weighted by atomic mass is 32.2. The van der Waals surface area contributed by atoms with Crippen LogP contribution in [0.4, 0.5) is 0 Å². The molecule has 0 aromatic carbocycles. The second kappa shape index (κ2) is 7.32. The lowest BCUT2D eigenvalue weighted by molar-refractivity contribution is -0.142. The van der Waals surface area contributed by atoms with E-state index in [1.54, 1.807) is 6.92 Å². The van der Waals surface area contributed by atoms with E-state index in [0.717, 1.165) is 6.26 Å². The van der Waals surface area contributed by atoms with Crippen LogP contribution in [0.1, 0.15) is 26.2 Å². The average molecular weight is 280 g/mol. The SMILES string of the molecule is CCC[C@@H](NC(=O)C(N)CCS(C)(=O)=O)C(=O)O. The molecule has 8 heteroatoms. The van der Waals surface area contributed by atoms with Gasteiger partial charge in [0.05, 0.1) is 11.8 Å². The van der Waals surface area contributed by atoms with Crippen LogP contribution in [0.25, 0.3) is 0 Å². The van der Waals surface area contributed by atoms with Gasteiger partial charge in [-0.25, -0.2) is 13.2 Å². The fourth-order valence-electron chi connectivity index (χ4n) is 1.30. The van der Waals surface area contributed by atoms with Gasteiger partial charge in [0, 0.05) is 6.26 Å². The topological polar surface area (TPSA) is 127 Å². The third-order valence-corrected chi connectivity index (χ3v) is 3.31. The largest absolute Gasteiger partial charge is 0.480 e. The maximum Gasteiger partial charge on any atom is 0.326 e. The second-order valence-electron chi connectivity index (χ2n) is 4.21. The van der Waals surface area contributed by atoms with Crippen LogP contribution in [-0.2, 0) is 19.4 Å². The number of carbonyl (C=O) groups is 2. The molecule has 18 heavy (non-hydrogen) atoms. The highest BCUT2D eigenvalue weighted by Gasteiger charge is 2.23. The zero-order chi connectivity index (χ0) is 14.3. The Bertz CT molecular complexity index is 393. The summed E-state index contributed by atoms with van der Waals surface area (Å²) in [4.78, 5) is 22.4. The number of aliphatic carboxylic acids is 1. The Morgan fingerprint density at radius 1 is 1.33 bits per heavy atom. The molecule has 0 aromatic rings. The van der Waals surface area contributed by atoms with Crippen molar-refractivity contribution < 1.29 is 23.1 Å². The van der Waals surface area contributed by atoms with E-state index in [9.17, 15) is 18.0 Å². The summed E-state index contributed by atoms with van der Waals surface area (Å²) in [5, 5.41) is 11.1. The lowest BCUT2D eigenvalue weighted by Crippen LogP contribution is -2.48. The molecular weight excluding hydrogens is 260 g/mol. The van der Waals surface area contributed by atoms with E-state index in [-0.39, 0.29) is 12.2 Å². The van der Waals surface area contributed by atoms with Crippen molar-refractivity contribution in [3.05, 3.63) is 0 Å². The van der Waals surface area contributed by atoms with Gasteiger partial charge in [-0.15, -0.1) is 0 Å². The lowest BCUT2D eigenvalue weighted by Gasteiger charge is -2.17. The number of carboxylic acids is 1. The highest BCUT2D eigenvalue weighted by molar-refractivity contribution is 7.90. The summed E-state index contributed by atoms with van der Waals surface area (Å²) in [5.74, 6) is -1.97. The Morgan fingerprint density at radius 2 is 1.89 bits per heavy atom. The highest BCUT2D eigenvalue weighted by Crippen LogP contribution is 1.99. The van der Waals surface area contributed by atoms with E-state index < -0.39 is 33.8 Å². The minimum Gasteiger partial charge on any atom is -0.480 e. The summed E-state index contributed by atoms with van der Waals surface area (Å²) in [6.45, 7) is 1.80. The van der Waals surface area contributed by atoms with E-state index in [1.165, 1.54) is 0 Å². The Hall–Kier alpha value is -1.15. The molecule has 7 nitrogen and oxygen atoms in total. The molecule has 0 aliphatic rings. The number of sulfone groups is 1. The number of amides is 1. The molecule has 4 N–H and O–H groups in total. The predicted octanol–water partition coefficient (Wildman–Crippen LogP) is -0.882. The van der Waals surface area contributed by atoms with Crippen molar-refractivity contribution in [3.8, 4) is 0 Å². The van der Waals surface area contributed by atoms with E-state index >= 15 is 0 Å². The first-order chi connectivity index (χ1) is 8.17. The Labute approximate surface area is 107 Å². The van der Waals surface area contributed by atoms with Gasteiger partial charge in [0.15, 0.2) is 0 Å². The molecule has 0 saturated carbocycles. The predicted molar refractivity (Wildman–Crippen MR) is 66.8 cm³/mol. The molecular formula is C10H20N2O5S. The summed E-state index contributed by atoms with van der Waals surface area (Å²) >= 11 is 0. The maximum atomic E-state index is 11.6. The third kappa shape index (κ3) is 7.23. The van der Waals surface area contributed by atoms with E-state index in [4.69, 9.17) is 10.8 Å². The first-order valence-electron chi connectivity index (χ1n) is 5.64. The zero-order valence-electron chi connectivity index (χ0n) is 10.5. The molecule has 0 radical (unpaired) electrons. The Morgan fingerprint density at radius 3 is 2.28 bits per heavy atom. The summed E-state index contributed by atoms with van der Waals surface area (Å²) in [6, 6.07) is -2.00. The normalized spacial score (nSPS) is 14.8. The van der Waals surface area contributed by atoms with Crippen molar-refractivity contribution in [1.29, 1.82) is 0 Å². The van der Waals surface area contributed by atoms with Gasteiger partial charge in [0.2, 0.25) is 5.91 Å². The summed E-state index contributed by atoms with van der Waals surface area (Å²) in [7, 11) is -3.18. The Balaban J connectivity index is 4.33. The summed E-state index contributed by atoms with van der Waals surface area (Å²) in [5.41, 5.74) is 5.50. The minimum absolute atomic E-state index is 0.0247. The average Bonchev–Trinajstić information content (AvgIpc) is 2.23. The molecule has 2 atom stereocenters. The number of nitrogens with two attached hydrogens (primary N) is 1. The molecule has 1 amide bonds. The number of carbonyl (C=O) groups excluding carboxylic acids is 1. The fraction of sp³-hybridized carbons (Fsp3) is 0.800. The van der Waals surface area contributed by atoms with Crippen molar-refractivity contribution >= 4 is 21.7 Å². The van der Waals surface area contributed by atoms with Crippen LogP contribution in [0.15, 0.2) is 0 Å². The van der Waals surface area contributed by atoms with Gasteiger partial charge in [-0.3, -0.25) is 4.79 Å². The van der Waals surface area contributed by atoms with Gasteiger partial charge in [-0.2, -0.15) is 0 Å². The number of hydrogen-bond acceptors (Lipinski definition) is 5. The van der Waals surface area contributed by atoms with E-state index in [1.807, 2.05) is 0 Å².